The summed E-state index contributed by atoms with van der Waals surface area (Å²) in [6, 6.07) is 0. The Hall–Kier alpha value is -1.94. The molecule has 17 nitrogen and oxygen atoms in total. The van der Waals surface area contributed by atoms with Crippen LogP contribution < -0.4 is 0 Å². The standard InChI is InChI=1S/C79H154O17P2/c1-8-10-11-12-13-14-15-26-31-39-46-53-60-76(81)90-67-75(96-79(84)63-56-49-42-35-34-38-45-52-59-72(7)9-2)69-94-98(87,88)92-65-73(80)64-91-97(85,86)93-68-74(95-78(83)62-55-48-41-33-28-23-19-17-21-25-30-37-44-51-58-71(5)6)66-89-77(82)61-54-47-40-32-27-22-18-16-20-24-29-36-43-50-57-70(3)4/h70-75,80H,8-69H2,1-7H3,(H,85,86)(H,87,88)/t72?,73-,74-,75-/m1/s1. The number of unbranched alkanes of at least 4 members (excludes halogenated alkanes) is 44. The first-order valence-corrected chi connectivity index (χ1v) is 43.9. The van der Waals surface area contributed by atoms with Crippen molar-refractivity contribution in [2.24, 2.45) is 17.8 Å². The average Bonchev–Trinajstić information content (AvgIpc) is 1.12. The molecule has 3 unspecified atom stereocenters. The fourth-order valence-electron chi connectivity index (χ4n) is 12.1. The summed E-state index contributed by atoms with van der Waals surface area (Å²) in [5.74, 6) is 0.251. The van der Waals surface area contributed by atoms with Crippen LogP contribution in [0.15, 0.2) is 0 Å². The molecule has 0 aliphatic heterocycles. The van der Waals surface area contributed by atoms with Crippen molar-refractivity contribution in [2.75, 3.05) is 39.6 Å². The molecular formula is C79H154O17P2. The minimum Gasteiger partial charge on any atom is -0.462 e. The van der Waals surface area contributed by atoms with E-state index in [9.17, 15) is 43.2 Å². The molecule has 0 aliphatic carbocycles. The lowest BCUT2D eigenvalue weighted by molar-refractivity contribution is -0.161. The Morgan fingerprint density at radius 1 is 0.296 bits per heavy atom. The molecule has 0 radical (unpaired) electrons. The van der Waals surface area contributed by atoms with Gasteiger partial charge in [0.1, 0.15) is 19.3 Å². The van der Waals surface area contributed by atoms with E-state index in [-0.39, 0.29) is 25.7 Å². The molecule has 0 fully saturated rings. The Kier molecular flexibility index (Phi) is 68.1. The topological polar surface area (TPSA) is 237 Å². The number of hydrogen-bond acceptors (Lipinski definition) is 15. The Morgan fingerprint density at radius 3 is 0.776 bits per heavy atom. The lowest BCUT2D eigenvalue weighted by Crippen LogP contribution is -2.30. The van der Waals surface area contributed by atoms with Gasteiger partial charge in [-0.2, -0.15) is 0 Å². The average molecular weight is 1440 g/mol. The van der Waals surface area contributed by atoms with Crippen LogP contribution in [0.5, 0.6) is 0 Å². The van der Waals surface area contributed by atoms with Crippen LogP contribution in [-0.2, 0) is 65.4 Å². The summed E-state index contributed by atoms with van der Waals surface area (Å²) < 4.78 is 68.7. The highest BCUT2D eigenvalue weighted by atomic mass is 31.2. The summed E-state index contributed by atoms with van der Waals surface area (Å²) >= 11 is 0. The minimum atomic E-state index is -4.96. The van der Waals surface area contributed by atoms with Gasteiger partial charge in [0.05, 0.1) is 26.4 Å². The van der Waals surface area contributed by atoms with Gasteiger partial charge in [-0.05, 0) is 43.4 Å². The third-order valence-corrected chi connectivity index (χ3v) is 20.6. The van der Waals surface area contributed by atoms with Gasteiger partial charge in [0.2, 0.25) is 0 Å². The summed E-state index contributed by atoms with van der Waals surface area (Å²) in [6.07, 6.45) is 56.7. The smallest absolute Gasteiger partial charge is 0.462 e. The van der Waals surface area contributed by atoms with Crippen LogP contribution in [0.2, 0.25) is 0 Å². The summed E-state index contributed by atoms with van der Waals surface area (Å²) in [5, 5.41) is 10.6. The fourth-order valence-corrected chi connectivity index (χ4v) is 13.7. The molecular weight excluding hydrogens is 1280 g/mol. The van der Waals surface area contributed by atoms with Gasteiger partial charge in [-0.25, -0.2) is 9.13 Å². The number of carbonyl (C=O) groups is 4. The molecule has 0 rings (SSSR count). The summed E-state index contributed by atoms with van der Waals surface area (Å²) in [7, 11) is -9.92. The molecule has 3 N–H and O–H groups in total. The zero-order chi connectivity index (χ0) is 72.3. The zero-order valence-electron chi connectivity index (χ0n) is 64.3. The number of aliphatic hydroxyl groups excluding tert-OH is 1. The molecule has 0 amide bonds. The van der Waals surface area contributed by atoms with Crippen molar-refractivity contribution in [3.8, 4) is 0 Å². The second-order valence-electron chi connectivity index (χ2n) is 29.6. The van der Waals surface area contributed by atoms with Crippen LogP contribution in [0, 0.1) is 17.8 Å². The normalized spacial score (nSPS) is 14.3. The molecule has 0 bridgehead atoms. The molecule has 0 aromatic carbocycles. The lowest BCUT2D eigenvalue weighted by atomic mass is 9.99. The van der Waals surface area contributed by atoms with Gasteiger partial charge in [0.25, 0.3) is 0 Å². The van der Waals surface area contributed by atoms with E-state index < -0.39 is 97.5 Å². The number of phosphoric acid groups is 2. The Balaban J connectivity index is 5.26. The van der Waals surface area contributed by atoms with Gasteiger partial charge < -0.3 is 33.8 Å². The van der Waals surface area contributed by atoms with Crippen molar-refractivity contribution in [3.05, 3.63) is 0 Å². The SMILES string of the molecule is CCCCCCCCCCCCCCC(=O)OC[C@H](COP(=O)(O)OC[C@H](O)COP(=O)(O)OC[C@@H](COC(=O)CCCCCCCCCCCCCCCCC(C)C)OC(=O)CCCCCCCCCCCCCCCCC(C)C)OC(=O)CCCCCCCCCCC(C)CC. The van der Waals surface area contributed by atoms with Crippen LogP contribution >= 0.6 is 15.6 Å². The van der Waals surface area contributed by atoms with Crippen molar-refractivity contribution in [3.63, 3.8) is 0 Å². The first-order chi connectivity index (χ1) is 47.3. The Morgan fingerprint density at radius 2 is 0.520 bits per heavy atom. The molecule has 582 valence electrons. The highest BCUT2D eigenvalue weighted by Gasteiger charge is 2.30. The lowest BCUT2D eigenvalue weighted by Gasteiger charge is -2.21. The van der Waals surface area contributed by atoms with Crippen LogP contribution in [0.1, 0.15) is 408 Å². The van der Waals surface area contributed by atoms with Crippen LogP contribution in [0.4, 0.5) is 0 Å². The third kappa shape index (κ3) is 71.1. The number of carbonyl (C=O) groups excluding carboxylic acids is 4. The minimum absolute atomic E-state index is 0.105. The van der Waals surface area contributed by atoms with Crippen molar-refractivity contribution < 1.29 is 80.2 Å². The fraction of sp³-hybridized carbons (Fsp3) is 0.949. The summed E-state index contributed by atoms with van der Waals surface area (Å²) in [4.78, 5) is 73.0. The molecule has 19 heteroatoms. The molecule has 98 heavy (non-hydrogen) atoms. The molecule has 0 aromatic heterocycles. The number of phosphoric ester groups is 2. The third-order valence-electron chi connectivity index (χ3n) is 18.7. The van der Waals surface area contributed by atoms with Crippen molar-refractivity contribution in [2.45, 2.75) is 426 Å². The van der Waals surface area contributed by atoms with E-state index in [1.807, 2.05) is 0 Å². The molecule has 0 heterocycles. The number of ether oxygens (including phenoxy) is 4. The first kappa shape index (κ1) is 96.1. The number of esters is 4. The zero-order valence-corrected chi connectivity index (χ0v) is 66.0. The monoisotopic (exact) mass is 1440 g/mol. The second kappa shape index (κ2) is 69.4. The maximum absolute atomic E-state index is 13.1. The molecule has 0 saturated carbocycles. The van der Waals surface area contributed by atoms with E-state index in [1.54, 1.807) is 0 Å². The van der Waals surface area contributed by atoms with E-state index in [0.717, 1.165) is 108 Å². The summed E-state index contributed by atoms with van der Waals surface area (Å²) in [5.41, 5.74) is 0. The molecule has 0 aliphatic rings. The van der Waals surface area contributed by atoms with Crippen molar-refractivity contribution in [1.29, 1.82) is 0 Å². The molecule has 6 atom stereocenters. The molecule has 0 spiro atoms. The highest BCUT2D eigenvalue weighted by Crippen LogP contribution is 2.45. The maximum Gasteiger partial charge on any atom is 0.472 e. The summed E-state index contributed by atoms with van der Waals surface area (Å²) in [6.45, 7) is 12.0. The van der Waals surface area contributed by atoms with Gasteiger partial charge in [-0.1, -0.05) is 357 Å². The quantitative estimate of drug-likeness (QED) is 0.0222. The molecule has 0 saturated heterocycles. The van der Waals surface area contributed by atoms with E-state index in [0.29, 0.717) is 25.7 Å². The Labute approximate surface area is 600 Å². The predicted octanol–water partition coefficient (Wildman–Crippen LogP) is 23.4. The van der Waals surface area contributed by atoms with E-state index in [2.05, 4.69) is 48.5 Å². The largest absolute Gasteiger partial charge is 0.472 e. The van der Waals surface area contributed by atoms with E-state index in [1.165, 1.54) is 218 Å². The van der Waals surface area contributed by atoms with Crippen molar-refractivity contribution >= 4 is 39.5 Å². The van der Waals surface area contributed by atoms with Crippen molar-refractivity contribution in [1.82, 2.24) is 0 Å². The Bertz CT molecular complexity index is 1910. The van der Waals surface area contributed by atoms with Gasteiger partial charge in [0.15, 0.2) is 12.2 Å². The first-order valence-electron chi connectivity index (χ1n) is 40.9. The van der Waals surface area contributed by atoms with Crippen LogP contribution in [0.25, 0.3) is 0 Å². The second-order valence-corrected chi connectivity index (χ2v) is 32.6. The number of hydrogen-bond donors (Lipinski definition) is 3. The highest BCUT2D eigenvalue weighted by molar-refractivity contribution is 7.47. The van der Waals surface area contributed by atoms with E-state index >= 15 is 0 Å². The van der Waals surface area contributed by atoms with Gasteiger partial charge in [-0.3, -0.25) is 37.3 Å². The number of rotatable bonds is 77. The van der Waals surface area contributed by atoms with Crippen LogP contribution in [-0.4, -0.2) is 96.7 Å². The maximum atomic E-state index is 13.1. The van der Waals surface area contributed by atoms with Gasteiger partial charge in [-0.15, -0.1) is 0 Å². The number of aliphatic hydroxyl groups is 1. The predicted molar refractivity (Wildman–Crippen MR) is 400 cm³/mol. The van der Waals surface area contributed by atoms with Gasteiger partial charge >= 0.3 is 39.5 Å². The van der Waals surface area contributed by atoms with Crippen LogP contribution in [0.3, 0.4) is 0 Å². The van der Waals surface area contributed by atoms with E-state index in [4.69, 9.17) is 37.0 Å². The molecule has 0 aromatic rings. The van der Waals surface area contributed by atoms with Gasteiger partial charge in [0, 0.05) is 25.7 Å².